The van der Waals surface area contributed by atoms with Crippen LogP contribution in [0.25, 0.3) is 0 Å². The predicted molar refractivity (Wildman–Crippen MR) is 65.9 cm³/mol. The smallest absolute Gasteiger partial charge is 0.136 e. The number of nitrogens with zero attached hydrogens (tertiary/aromatic N) is 1. The molecule has 0 aromatic heterocycles. The molecule has 2 aliphatic heterocycles. The summed E-state index contributed by atoms with van der Waals surface area (Å²) >= 11 is 0. The van der Waals surface area contributed by atoms with Gasteiger partial charge in [0.05, 0.1) is 0 Å². The van der Waals surface area contributed by atoms with E-state index >= 15 is 0 Å². The van der Waals surface area contributed by atoms with Crippen molar-refractivity contribution in [2.24, 2.45) is 0 Å². The van der Waals surface area contributed by atoms with Crippen molar-refractivity contribution in [2.75, 3.05) is 13.1 Å². The lowest BCUT2D eigenvalue weighted by atomic mass is 9.86. The fourth-order valence-electron chi connectivity index (χ4n) is 2.80. The van der Waals surface area contributed by atoms with Gasteiger partial charge in [-0.05, 0) is 17.5 Å². The van der Waals surface area contributed by atoms with E-state index in [9.17, 15) is 4.79 Å². The van der Waals surface area contributed by atoms with Crippen molar-refractivity contribution in [3.8, 4) is 0 Å². The quantitative estimate of drug-likeness (QED) is 0.691. The van der Waals surface area contributed by atoms with Crippen LogP contribution in [-0.4, -0.2) is 23.8 Å². The average Bonchev–Trinajstić information content (AvgIpc) is 2.29. The topological polar surface area (TPSA) is 20.3 Å². The molecule has 0 aliphatic carbocycles. The molecule has 1 aromatic rings. The second-order valence-electron chi connectivity index (χ2n) is 4.49. The summed E-state index contributed by atoms with van der Waals surface area (Å²) in [6.45, 7) is 2.08. The molecule has 0 N–H and O–H groups in total. The lowest BCUT2D eigenvalue weighted by Crippen LogP contribution is -2.41. The number of Topliss-reactive ketones (excluding diaryl/α,β-unsaturated/α-hetero) is 1. The molecule has 16 heavy (non-hydrogen) atoms. The van der Waals surface area contributed by atoms with Crippen LogP contribution in [0.15, 0.2) is 24.3 Å². The van der Waals surface area contributed by atoms with Crippen molar-refractivity contribution >= 4 is 18.2 Å². The van der Waals surface area contributed by atoms with Crippen molar-refractivity contribution in [3.63, 3.8) is 0 Å². The van der Waals surface area contributed by atoms with Crippen molar-refractivity contribution in [3.05, 3.63) is 35.4 Å². The van der Waals surface area contributed by atoms with Gasteiger partial charge in [-0.15, -0.1) is 12.4 Å². The van der Waals surface area contributed by atoms with Crippen LogP contribution in [0.1, 0.15) is 30.0 Å². The molecule has 0 amide bonds. The summed E-state index contributed by atoms with van der Waals surface area (Å²) in [5.74, 6) is 0.424. The maximum Gasteiger partial charge on any atom is 0.136 e. The molecule has 1 aromatic carbocycles. The molecule has 0 spiro atoms. The molecular formula is C13H16ClNO. The molecule has 2 heterocycles. The standard InChI is InChI=1S/C13H15NO.ClH/c15-11-6-8-14-7-5-10-3-1-2-4-12(10)13(14)9-11;/h1-4,13H,5-9H2;1H. The first-order valence-corrected chi connectivity index (χ1v) is 5.68. The third-order valence-corrected chi connectivity index (χ3v) is 3.62. The summed E-state index contributed by atoms with van der Waals surface area (Å²) < 4.78 is 0. The maximum absolute atomic E-state index is 11.5. The number of benzene rings is 1. The van der Waals surface area contributed by atoms with E-state index in [1.807, 2.05) is 0 Å². The predicted octanol–water partition coefficient (Wildman–Crippen LogP) is 2.37. The highest BCUT2D eigenvalue weighted by Gasteiger charge is 2.31. The number of fused-ring (bicyclic) bond motifs is 3. The number of carbonyl (C=O) groups excluding carboxylic acids is 1. The number of ketones is 1. The maximum atomic E-state index is 11.5. The Hall–Kier alpha value is -0.860. The minimum Gasteiger partial charge on any atom is -0.300 e. The Labute approximate surface area is 102 Å². The fourth-order valence-corrected chi connectivity index (χ4v) is 2.80. The summed E-state index contributed by atoms with van der Waals surface area (Å²) in [5.41, 5.74) is 2.82. The second kappa shape index (κ2) is 4.56. The van der Waals surface area contributed by atoms with Crippen LogP contribution in [-0.2, 0) is 11.2 Å². The van der Waals surface area contributed by atoms with Gasteiger partial charge in [-0.3, -0.25) is 9.69 Å². The zero-order chi connectivity index (χ0) is 10.3. The molecular weight excluding hydrogens is 222 g/mol. The van der Waals surface area contributed by atoms with E-state index in [-0.39, 0.29) is 12.4 Å². The number of hydrogen-bond donors (Lipinski definition) is 0. The normalized spacial score (nSPS) is 24.2. The Kier molecular flexibility index (Phi) is 3.31. The van der Waals surface area contributed by atoms with Gasteiger partial charge in [0.25, 0.3) is 0 Å². The van der Waals surface area contributed by atoms with Gasteiger partial charge in [-0.1, -0.05) is 24.3 Å². The van der Waals surface area contributed by atoms with Gasteiger partial charge >= 0.3 is 0 Å². The number of halogens is 1. The van der Waals surface area contributed by atoms with Crippen molar-refractivity contribution in [2.45, 2.75) is 25.3 Å². The summed E-state index contributed by atoms with van der Waals surface area (Å²) in [6, 6.07) is 8.94. The zero-order valence-corrected chi connectivity index (χ0v) is 10.0. The lowest BCUT2D eigenvalue weighted by Gasteiger charge is -2.39. The Morgan fingerprint density at radius 1 is 1.12 bits per heavy atom. The molecule has 1 atom stereocenters. The largest absolute Gasteiger partial charge is 0.300 e. The van der Waals surface area contributed by atoms with Gasteiger partial charge in [-0.2, -0.15) is 0 Å². The summed E-state index contributed by atoms with van der Waals surface area (Å²) in [4.78, 5) is 14.0. The molecule has 86 valence electrons. The van der Waals surface area contributed by atoms with E-state index in [4.69, 9.17) is 0 Å². The highest BCUT2D eigenvalue weighted by atomic mass is 35.5. The molecule has 3 rings (SSSR count). The second-order valence-corrected chi connectivity index (χ2v) is 4.49. The summed E-state index contributed by atoms with van der Waals surface area (Å²) in [6.07, 6.45) is 2.61. The molecule has 1 unspecified atom stereocenters. The van der Waals surface area contributed by atoms with E-state index in [1.54, 1.807) is 0 Å². The van der Waals surface area contributed by atoms with E-state index in [0.717, 1.165) is 32.4 Å². The van der Waals surface area contributed by atoms with Crippen LogP contribution >= 0.6 is 12.4 Å². The first kappa shape index (κ1) is 11.6. The van der Waals surface area contributed by atoms with Gasteiger partial charge < -0.3 is 0 Å². The van der Waals surface area contributed by atoms with Gasteiger partial charge in [0.15, 0.2) is 0 Å². The number of hydrogen-bond acceptors (Lipinski definition) is 2. The van der Waals surface area contributed by atoms with Crippen LogP contribution in [0.5, 0.6) is 0 Å². The summed E-state index contributed by atoms with van der Waals surface area (Å²) in [5, 5.41) is 0. The Balaban J connectivity index is 0.000000963. The van der Waals surface area contributed by atoms with Crippen molar-refractivity contribution < 1.29 is 4.79 Å². The van der Waals surface area contributed by atoms with Crippen LogP contribution in [0.4, 0.5) is 0 Å². The fraction of sp³-hybridized carbons (Fsp3) is 0.462. The number of carbonyl (C=O) groups is 1. The molecule has 2 aliphatic rings. The molecule has 1 saturated heterocycles. The zero-order valence-electron chi connectivity index (χ0n) is 9.19. The van der Waals surface area contributed by atoms with Crippen LogP contribution in [0.2, 0.25) is 0 Å². The molecule has 2 nitrogen and oxygen atoms in total. The minimum absolute atomic E-state index is 0. The van der Waals surface area contributed by atoms with Crippen LogP contribution in [0, 0.1) is 0 Å². The van der Waals surface area contributed by atoms with Gasteiger partial charge in [0.1, 0.15) is 5.78 Å². The van der Waals surface area contributed by atoms with Crippen LogP contribution < -0.4 is 0 Å². The Bertz CT molecular complexity index is 405. The number of piperidine rings is 1. The third kappa shape index (κ3) is 1.87. The molecule has 1 fully saturated rings. The highest BCUT2D eigenvalue weighted by Crippen LogP contribution is 2.34. The van der Waals surface area contributed by atoms with Gasteiger partial charge in [0.2, 0.25) is 0 Å². The molecule has 3 heteroatoms. The van der Waals surface area contributed by atoms with E-state index in [0.29, 0.717) is 11.8 Å². The first-order chi connectivity index (χ1) is 7.34. The number of rotatable bonds is 0. The van der Waals surface area contributed by atoms with E-state index in [2.05, 4.69) is 29.2 Å². The third-order valence-electron chi connectivity index (χ3n) is 3.62. The average molecular weight is 238 g/mol. The monoisotopic (exact) mass is 237 g/mol. The Morgan fingerprint density at radius 3 is 2.75 bits per heavy atom. The lowest BCUT2D eigenvalue weighted by molar-refractivity contribution is -0.123. The van der Waals surface area contributed by atoms with Gasteiger partial charge in [0, 0.05) is 32.0 Å². The molecule has 0 radical (unpaired) electrons. The van der Waals surface area contributed by atoms with Gasteiger partial charge in [-0.25, -0.2) is 0 Å². The van der Waals surface area contributed by atoms with Crippen molar-refractivity contribution in [1.29, 1.82) is 0 Å². The van der Waals surface area contributed by atoms with E-state index in [1.165, 1.54) is 11.1 Å². The SMILES string of the molecule is Cl.O=C1CCN2CCc3ccccc3C2C1. The van der Waals surface area contributed by atoms with Crippen molar-refractivity contribution in [1.82, 2.24) is 4.90 Å². The van der Waals surface area contributed by atoms with E-state index < -0.39 is 0 Å². The minimum atomic E-state index is 0. The summed E-state index contributed by atoms with van der Waals surface area (Å²) in [7, 11) is 0. The highest BCUT2D eigenvalue weighted by molar-refractivity contribution is 5.85. The Morgan fingerprint density at radius 2 is 1.88 bits per heavy atom. The molecule has 0 bridgehead atoms. The first-order valence-electron chi connectivity index (χ1n) is 5.68. The van der Waals surface area contributed by atoms with Crippen LogP contribution in [0.3, 0.4) is 0 Å². The molecule has 0 saturated carbocycles.